The summed E-state index contributed by atoms with van der Waals surface area (Å²) in [4.78, 5) is 6.80. The predicted octanol–water partition coefficient (Wildman–Crippen LogP) is 2.32. The highest BCUT2D eigenvalue weighted by atomic mass is 16.7. The fourth-order valence-electron chi connectivity index (χ4n) is 2.49. The van der Waals surface area contributed by atoms with E-state index < -0.39 is 0 Å². The highest BCUT2D eigenvalue weighted by molar-refractivity contribution is 6.62. The van der Waals surface area contributed by atoms with E-state index in [0.717, 1.165) is 11.3 Å². The van der Waals surface area contributed by atoms with Gasteiger partial charge >= 0.3 is 7.12 Å². The standard InChI is InChI=1S/C16H25BN2O2/c1-15(2)16(3,4)21-17(20-15)12-9-13(11-7-8-11)18-14(10-12)19(5)6/h9-11H,7-8H2,1-6H3. The molecule has 21 heavy (non-hydrogen) atoms. The van der Waals surface area contributed by atoms with Crippen molar-refractivity contribution in [2.75, 3.05) is 19.0 Å². The van der Waals surface area contributed by atoms with Crippen LogP contribution in [0, 0.1) is 0 Å². The van der Waals surface area contributed by atoms with Gasteiger partial charge in [-0.1, -0.05) is 0 Å². The number of hydrogen-bond donors (Lipinski definition) is 0. The maximum absolute atomic E-state index is 6.17. The summed E-state index contributed by atoms with van der Waals surface area (Å²) >= 11 is 0. The Morgan fingerprint density at radius 2 is 1.67 bits per heavy atom. The first kappa shape index (κ1) is 14.9. The van der Waals surface area contributed by atoms with Gasteiger partial charge in [-0.3, -0.25) is 0 Å². The van der Waals surface area contributed by atoms with E-state index in [1.165, 1.54) is 18.5 Å². The van der Waals surface area contributed by atoms with Crippen molar-refractivity contribution in [2.45, 2.75) is 57.7 Å². The van der Waals surface area contributed by atoms with Crippen molar-refractivity contribution in [3.05, 3.63) is 17.8 Å². The Kier molecular flexibility index (Phi) is 3.34. The van der Waals surface area contributed by atoms with Gasteiger partial charge in [-0.25, -0.2) is 4.98 Å². The van der Waals surface area contributed by atoms with Crippen LogP contribution in [-0.4, -0.2) is 37.4 Å². The third-order valence-corrected chi connectivity index (χ3v) is 4.83. The smallest absolute Gasteiger partial charge is 0.399 e. The molecule has 0 atom stereocenters. The van der Waals surface area contributed by atoms with Gasteiger partial charge in [0.2, 0.25) is 0 Å². The molecule has 1 saturated heterocycles. The molecule has 2 heterocycles. The molecule has 4 nitrogen and oxygen atoms in total. The van der Waals surface area contributed by atoms with Gasteiger partial charge in [0.05, 0.1) is 11.2 Å². The zero-order chi connectivity index (χ0) is 15.4. The summed E-state index contributed by atoms with van der Waals surface area (Å²) in [6, 6.07) is 4.24. The molecule has 3 rings (SSSR count). The normalized spacial score (nSPS) is 23.4. The van der Waals surface area contributed by atoms with Crippen molar-refractivity contribution in [2.24, 2.45) is 0 Å². The van der Waals surface area contributed by atoms with Gasteiger partial charge in [0.25, 0.3) is 0 Å². The molecule has 0 N–H and O–H groups in total. The van der Waals surface area contributed by atoms with Crippen LogP contribution in [0.15, 0.2) is 12.1 Å². The van der Waals surface area contributed by atoms with Gasteiger partial charge in [-0.05, 0) is 58.1 Å². The second-order valence-electron chi connectivity index (χ2n) is 7.44. The quantitative estimate of drug-likeness (QED) is 0.800. The number of pyridine rings is 1. The van der Waals surface area contributed by atoms with Crippen molar-refractivity contribution >= 4 is 18.4 Å². The molecule has 0 unspecified atom stereocenters. The Bertz CT molecular complexity index is 517. The Labute approximate surface area is 128 Å². The summed E-state index contributed by atoms with van der Waals surface area (Å²) in [5, 5.41) is 0. The number of hydrogen-bond acceptors (Lipinski definition) is 4. The molecular weight excluding hydrogens is 263 g/mol. The van der Waals surface area contributed by atoms with Crippen molar-refractivity contribution in [3.63, 3.8) is 0 Å². The van der Waals surface area contributed by atoms with Gasteiger partial charge in [0, 0.05) is 25.7 Å². The van der Waals surface area contributed by atoms with Crippen LogP contribution in [0.4, 0.5) is 5.82 Å². The van der Waals surface area contributed by atoms with E-state index in [4.69, 9.17) is 14.3 Å². The molecule has 1 saturated carbocycles. The Balaban J connectivity index is 1.95. The summed E-state index contributed by atoms with van der Waals surface area (Å²) in [7, 11) is 3.73. The van der Waals surface area contributed by atoms with Crippen LogP contribution in [0.25, 0.3) is 0 Å². The molecule has 0 bridgehead atoms. The summed E-state index contributed by atoms with van der Waals surface area (Å²) in [6.07, 6.45) is 2.49. The zero-order valence-corrected chi connectivity index (χ0v) is 13.9. The van der Waals surface area contributed by atoms with Gasteiger partial charge < -0.3 is 14.2 Å². The second-order valence-corrected chi connectivity index (χ2v) is 7.44. The maximum Gasteiger partial charge on any atom is 0.495 e. The van der Waals surface area contributed by atoms with Crippen LogP contribution in [0.1, 0.15) is 52.1 Å². The molecular formula is C16H25BN2O2. The minimum absolute atomic E-state index is 0.307. The first-order valence-corrected chi connectivity index (χ1v) is 7.74. The van der Waals surface area contributed by atoms with E-state index in [9.17, 15) is 0 Å². The molecule has 0 aromatic carbocycles. The molecule has 2 aliphatic rings. The summed E-state index contributed by atoms with van der Waals surface area (Å²) in [5.74, 6) is 1.59. The number of anilines is 1. The largest absolute Gasteiger partial charge is 0.495 e. The van der Waals surface area contributed by atoms with Gasteiger partial charge in [0.15, 0.2) is 0 Å². The molecule has 1 aliphatic carbocycles. The number of rotatable bonds is 3. The third kappa shape index (κ3) is 2.69. The lowest BCUT2D eigenvalue weighted by molar-refractivity contribution is 0.00578. The van der Waals surface area contributed by atoms with Crippen molar-refractivity contribution in [1.82, 2.24) is 4.98 Å². The highest BCUT2D eigenvalue weighted by Crippen LogP contribution is 2.40. The maximum atomic E-state index is 6.17. The highest BCUT2D eigenvalue weighted by Gasteiger charge is 2.52. The van der Waals surface area contributed by atoms with Crippen LogP contribution in [0.5, 0.6) is 0 Å². The molecule has 1 aromatic rings. The molecule has 114 valence electrons. The number of nitrogens with zero attached hydrogens (tertiary/aromatic N) is 2. The summed E-state index contributed by atoms with van der Waals surface area (Å²) in [6.45, 7) is 8.34. The van der Waals surface area contributed by atoms with Crippen LogP contribution >= 0.6 is 0 Å². The Morgan fingerprint density at radius 1 is 1.10 bits per heavy atom. The van der Waals surface area contributed by atoms with E-state index in [1.54, 1.807) is 0 Å². The minimum Gasteiger partial charge on any atom is -0.399 e. The van der Waals surface area contributed by atoms with Gasteiger partial charge in [-0.2, -0.15) is 0 Å². The van der Waals surface area contributed by atoms with Gasteiger partial charge in [-0.15, -0.1) is 0 Å². The van der Waals surface area contributed by atoms with E-state index in [-0.39, 0.29) is 18.3 Å². The molecule has 5 heteroatoms. The summed E-state index contributed by atoms with van der Waals surface area (Å²) < 4.78 is 12.3. The molecule has 1 aromatic heterocycles. The SMILES string of the molecule is CN(C)c1cc(B2OC(C)(C)C(C)(C)O2)cc(C2CC2)n1. The lowest BCUT2D eigenvalue weighted by atomic mass is 9.79. The van der Waals surface area contributed by atoms with Crippen molar-refractivity contribution in [1.29, 1.82) is 0 Å². The first-order valence-electron chi connectivity index (χ1n) is 7.74. The fraction of sp³-hybridized carbons (Fsp3) is 0.688. The van der Waals surface area contributed by atoms with Gasteiger partial charge in [0.1, 0.15) is 5.82 Å². The zero-order valence-electron chi connectivity index (χ0n) is 13.9. The van der Waals surface area contributed by atoms with E-state index >= 15 is 0 Å². The van der Waals surface area contributed by atoms with E-state index in [0.29, 0.717) is 5.92 Å². The predicted molar refractivity (Wildman–Crippen MR) is 86.3 cm³/mol. The van der Waals surface area contributed by atoms with Crippen LogP contribution in [-0.2, 0) is 9.31 Å². The van der Waals surface area contributed by atoms with Crippen molar-refractivity contribution < 1.29 is 9.31 Å². The van der Waals surface area contributed by atoms with Crippen LogP contribution in [0.2, 0.25) is 0 Å². The first-order chi connectivity index (χ1) is 9.69. The van der Waals surface area contributed by atoms with E-state index in [2.05, 4.69) is 39.8 Å². The minimum atomic E-state index is -0.311. The summed E-state index contributed by atoms with van der Waals surface area (Å²) in [5.41, 5.74) is 1.64. The molecule has 2 fully saturated rings. The lowest BCUT2D eigenvalue weighted by Crippen LogP contribution is -2.41. The van der Waals surface area contributed by atoms with Crippen LogP contribution in [0.3, 0.4) is 0 Å². The number of aromatic nitrogens is 1. The topological polar surface area (TPSA) is 34.6 Å². The average molecular weight is 288 g/mol. The average Bonchev–Trinajstić information content (AvgIpc) is 3.17. The molecule has 0 radical (unpaired) electrons. The molecule has 0 spiro atoms. The Hall–Kier alpha value is -1.07. The fourth-order valence-corrected chi connectivity index (χ4v) is 2.49. The molecule has 0 amide bonds. The lowest BCUT2D eigenvalue weighted by Gasteiger charge is -2.32. The monoisotopic (exact) mass is 288 g/mol. The van der Waals surface area contributed by atoms with Crippen LogP contribution < -0.4 is 10.4 Å². The third-order valence-electron chi connectivity index (χ3n) is 4.83. The molecule has 1 aliphatic heterocycles. The Morgan fingerprint density at radius 3 is 2.14 bits per heavy atom. The second kappa shape index (κ2) is 4.72. The van der Waals surface area contributed by atoms with Crippen molar-refractivity contribution in [3.8, 4) is 0 Å². The van der Waals surface area contributed by atoms with E-state index in [1.807, 2.05) is 19.0 Å².